The van der Waals surface area contributed by atoms with E-state index in [0.717, 1.165) is 27.5 Å². The number of fused-ring (bicyclic) bond motifs is 3. The Morgan fingerprint density at radius 1 is 1.03 bits per heavy atom. The second-order valence-corrected chi connectivity index (χ2v) is 8.33. The van der Waals surface area contributed by atoms with Crippen LogP contribution in [0, 0.1) is 20.4 Å². The summed E-state index contributed by atoms with van der Waals surface area (Å²) in [5, 5.41) is 1.51. The maximum atomic E-state index is 9.13. The van der Waals surface area contributed by atoms with Crippen molar-refractivity contribution in [2.45, 2.75) is 33.5 Å². The first-order chi connectivity index (χ1) is 18.3. The Hall–Kier alpha value is -3.90. The van der Waals surface area contributed by atoms with Gasteiger partial charge < -0.3 is 4.42 Å². The van der Waals surface area contributed by atoms with E-state index >= 15 is 0 Å². The summed E-state index contributed by atoms with van der Waals surface area (Å²) >= 11 is 0. The first kappa shape index (κ1) is 15.0. The minimum absolute atomic E-state index is 0.142. The molecule has 0 aliphatic rings. The largest absolute Gasteiger partial charge is 0.466 e. The number of rotatable bonds is 3. The predicted octanol–water partition coefficient (Wildman–Crippen LogP) is 8.04. The van der Waals surface area contributed by atoms with E-state index in [-0.39, 0.29) is 17.6 Å². The summed E-state index contributed by atoms with van der Waals surface area (Å²) in [4.78, 5) is 3.74. The molecule has 3 aromatic carbocycles. The Labute approximate surface area is 203 Å². The quantitative estimate of drug-likeness (QED) is 0.207. The highest BCUT2D eigenvalue weighted by Gasteiger charge is 2.24. The van der Waals surface area contributed by atoms with Crippen molar-refractivity contribution in [3.8, 4) is 22.4 Å². The molecule has 2 heterocycles. The molecule has 0 radical (unpaired) electrons. The average Bonchev–Trinajstić information content (AvgIpc) is 3.26. The summed E-state index contributed by atoms with van der Waals surface area (Å²) in [5.41, 5.74) is 5.09. The second kappa shape index (κ2) is 7.90. The van der Waals surface area contributed by atoms with Gasteiger partial charge in [-0.25, -0.2) is 4.85 Å². The maximum Gasteiger partial charge on any atom is 0.230 e. The zero-order chi connectivity index (χ0) is 28.4. The van der Waals surface area contributed by atoms with E-state index in [2.05, 4.69) is 4.85 Å². The summed E-state index contributed by atoms with van der Waals surface area (Å²) in [7, 11) is 1.72. The van der Waals surface area contributed by atoms with Gasteiger partial charge in [-0.05, 0) is 47.2 Å². The van der Waals surface area contributed by atoms with Crippen LogP contribution in [-0.4, -0.2) is 0 Å². The van der Waals surface area contributed by atoms with Crippen molar-refractivity contribution in [3.05, 3.63) is 94.9 Å². The van der Waals surface area contributed by atoms with Crippen molar-refractivity contribution >= 4 is 27.6 Å². The van der Waals surface area contributed by atoms with Gasteiger partial charge in [-0.3, -0.25) is 0 Å². The van der Waals surface area contributed by atoms with Crippen LogP contribution in [0.2, 0.25) is 0 Å². The van der Waals surface area contributed by atoms with Gasteiger partial charge in [0.2, 0.25) is 11.4 Å². The Bertz CT molecular complexity index is 1830. The maximum absolute atomic E-state index is 9.13. The van der Waals surface area contributed by atoms with Crippen molar-refractivity contribution in [2.75, 3.05) is 0 Å². The van der Waals surface area contributed by atoms with Gasteiger partial charge in [0.05, 0.1) is 14.9 Å². The standard InChI is InChI=1S/C30H27N2O/c1-18(2)22-14-20(4)32(6)27(17-22)28-19(3)12-13-24-25-15-23(21-10-8-7-9-11-21)16-26(31-5)29(25)33-30(24)28/h7-18H,1-4,6H3/q+1/i1D3,14D,17D,18D. The van der Waals surface area contributed by atoms with Gasteiger partial charge in [0.15, 0.2) is 5.69 Å². The molecule has 5 rings (SSSR count). The third kappa shape index (κ3) is 3.39. The van der Waals surface area contributed by atoms with E-state index in [4.69, 9.17) is 19.2 Å². The Balaban J connectivity index is 1.91. The lowest BCUT2D eigenvalue weighted by atomic mass is 9.95. The first-order valence-corrected chi connectivity index (χ1v) is 10.7. The normalized spacial score (nSPS) is 16.2. The molecule has 2 aromatic heterocycles. The number of hydrogen-bond donors (Lipinski definition) is 0. The molecular weight excluding hydrogens is 404 g/mol. The van der Waals surface area contributed by atoms with Gasteiger partial charge in [0.1, 0.15) is 18.2 Å². The monoisotopic (exact) mass is 437 g/mol. The van der Waals surface area contributed by atoms with Crippen LogP contribution in [0.5, 0.6) is 0 Å². The van der Waals surface area contributed by atoms with Gasteiger partial charge in [0.25, 0.3) is 0 Å². The lowest BCUT2D eigenvalue weighted by Crippen LogP contribution is -2.35. The number of furan rings is 1. The van der Waals surface area contributed by atoms with Gasteiger partial charge in [-0.1, -0.05) is 56.2 Å². The molecule has 0 saturated carbocycles. The molecule has 1 unspecified atom stereocenters. The summed E-state index contributed by atoms with van der Waals surface area (Å²) in [6.45, 7) is 9.87. The molecule has 33 heavy (non-hydrogen) atoms. The van der Waals surface area contributed by atoms with Crippen molar-refractivity contribution in [2.24, 2.45) is 7.05 Å². The Kier molecular flexibility index (Phi) is 3.60. The molecule has 0 fully saturated rings. The highest BCUT2D eigenvalue weighted by molar-refractivity contribution is 6.14. The molecule has 0 amide bonds. The van der Waals surface area contributed by atoms with Gasteiger partial charge in [-0.15, -0.1) is 0 Å². The predicted molar refractivity (Wildman–Crippen MR) is 136 cm³/mol. The van der Waals surface area contributed by atoms with E-state index in [1.54, 1.807) is 24.6 Å². The zero-order valence-electron chi connectivity index (χ0n) is 25.0. The summed E-state index contributed by atoms with van der Waals surface area (Å²) in [6.07, 6.45) is 0. The number of hydrogen-bond acceptors (Lipinski definition) is 1. The molecule has 162 valence electrons. The third-order valence-electron chi connectivity index (χ3n) is 6.16. The van der Waals surface area contributed by atoms with E-state index in [0.29, 0.717) is 33.8 Å². The SMILES string of the molecule is [2H]c1c(C([2H])(C)C([2H])([2H])[2H])c([2H])c(-c2c(C)ccc3c2oc2c([N+]#[C-])cc(-c4ccccc4)cc23)[n+](C)c1C. The van der Waals surface area contributed by atoms with Crippen LogP contribution in [0.1, 0.15) is 44.7 Å². The molecule has 0 N–H and O–H groups in total. The molecule has 0 bridgehead atoms. The van der Waals surface area contributed by atoms with E-state index in [9.17, 15) is 0 Å². The van der Waals surface area contributed by atoms with Crippen LogP contribution in [0.4, 0.5) is 5.69 Å². The fourth-order valence-corrected chi connectivity index (χ4v) is 4.28. The van der Waals surface area contributed by atoms with Crippen LogP contribution >= 0.6 is 0 Å². The summed E-state index contributed by atoms with van der Waals surface area (Å²) < 4.78 is 58.5. The van der Waals surface area contributed by atoms with Crippen molar-refractivity contribution in [3.63, 3.8) is 0 Å². The van der Waals surface area contributed by atoms with Crippen LogP contribution in [0.15, 0.2) is 71.1 Å². The van der Waals surface area contributed by atoms with E-state index in [1.165, 1.54) is 6.92 Å². The lowest BCUT2D eigenvalue weighted by molar-refractivity contribution is -0.666. The number of aromatic nitrogens is 1. The molecular formula is C30H27N2O+. The van der Waals surface area contributed by atoms with Gasteiger partial charge >= 0.3 is 0 Å². The molecule has 0 saturated heterocycles. The molecule has 3 heteroatoms. The van der Waals surface area contributed by atoms with Crippen LogP contribution in [-0.2, 0) is 7.05 Å². The molecule has 0 spiro atoms. The van der Waals surface area contributed by atoms with Crippen molar-refractivity contribution < 1.29 is 17.2 Å². The number of pyridine rings is 1. The van der Waals surface area contributed by atoms with Crippen LogP contribution in [0.25, 0.3) is 49.2 Å². The number of benzene rings is 3. The Morgan fingerprint density at radius 2 is 1.82 bits per heavy atom. The molecule has 0 aliphatic heterocycles. The van der Waals surface area contributed by atoms with Gasteiger partial charge in [-0.2, -0.15) is 4.57 Å². The van der Waals surface area contributed by atoms with E-state index in [1.807, 2.05) is 55.5 Å². The fourth-order valence-electron chi connectivity index (χ4n) is 4.28. The minimum atomic E-state index is -2.75. The highest BCUT2D eigenvalue weighted by Crippen LogP contribution is 2.42. The van der Waals surface area contributed by atoms with Crippen LogP contribution in [0.3, 0.4) is 0 Å². The Morgan fingerprint density at radius 3 is 2.55 bits per heavy atom. The molecule has 5 aromatic rings. The minimum Gasteiger partial charge on any atom is -0.466 e. The van der Waals surface area contributed by atoms with E-state index < -0.39 is 12.7 Å². The summed E-state index contributed by atoms with van der Waals surface area (Å²) in [5.74, 6) is -2.17. The highest BCUT2D eigenvalue weighted by atomic mass is 16.3. The number of nitrogens with zero attached hydrogens (tertiary/aromatic N) is 2. The molecule has 3 nitrogen and oxygen atoms in total. The second-order valence-electron chi connectivity index (χ2n) is 8.33. The summed E-state index contributed by atoms with van der Waals surface area (Å²) in [6, 6.07) is 17.1. The zero-order valence-corrected chi connectivity index (χ0v) is 19.0. The smallest absolute Gasteiger partial charge is 0.230 e. The molecule has 0 aliphatic carbocycles. The first-order valence-electron chi connectivity index (χ1n) is 13.7. The van der Waals surface area contributed by atoms with Gasteiger partial charge in [0, 0.05) is 35.3 Å². The average molecular weight is 438 g/mol. The van der Waals surface area contributed by atoms with Crippen molar-refractivity contribution in [1.29, 1.82) is 0 Å². The van der Waals surface area contributed by atoms with Crippen molar-refractivity contribution in [1.82, 2.24) is 0 Å². The molecule has 1 atom stereocenters. The fraction of sp³-hybridized carbons (Fsp3) is 0.200. The lowest BCUT2D eigenvalue weighted by Gasteiger charge is -2.11. The van der Waals surface area contributed by atoms with Crippen LogP contribution < -0.4 is 4.57 Å². The number of aryl methyl sites for hydroxylation is 1. The third-order valence-corrected chi connectivity index (χ3v) is 6.16. The topological polar surface area (TPSA) is 21.4 Å².